The number of piperidine rings is 1. The smallest absolute Gasteiger partial charge is 0.241 e. The third-order valence-corrected chi connectivity index (χ3v) is 4.02. The first-order valence-corrected chi connectivity index (χ1v) is 6.67. The van der Waals surface area contributed by atoms with Crippen LogP contribution in [0.15, 0.2) is 0 Å². The molecule has 7 heteroatoms. The van der Waals surface area contributed by atoms with E-state index in [0.29, 0.717) is 13.0 Å². The van der Waals surface area contributed by atoms with Crippen LogP contribution in [0.25, 0.3) is 0 Å². The molecule has 1 N–H and O–H groups in total. The Labute approximate surface area is 114 Å². The molecule has 0 aromatic heterocycles. The van der Waals surface area contributed by atoms with Gasteiger partial charge in [-0.2, -0.15) is 0 Å². The summed E-state index contributed by atoms with van der Waals surface area (Å²) in [4.78, 5) is 13.7. The van der Waals surface area contributed by atoms with Crippen molar-refractivity contribution in [1.29, 1.82) is 0 Å². The Morgan fingerprint density at radius 2 is 2.29 bits per heavy atom. The fourth-order valence-corrected chi connectivity index (χ4v) is 2.77. The van der Waals surface area contributed by atoms with E-state index in [-0.39, 0.29) is 30.8 Å². The molecule has 0 aromatic carbocycles. The van der Waals surface area contributed by atoms with Crippen molar-refractivity contribution in [2.24, 2.45) is 0 Å². The lowest BCUT2D eigenvalue weighted by Gasteiger charge is -2.34. The van der Waals surface area contributed by atoms with Gasteiger partial charge in [-0.05, 0) is 20.3 Å². The number of alkyl halides is 1. The van der Waals surface area contributed by atoms with E-state index in [1.807, 2.05) is 18.9 Å². The highest BCUT2D eigenvalue weighted by Gasteiger charge is 2.40. The van der Waals surface area contributed by atoms with Gasteiger partial charge < -0.3 is 7.97 Å². The van der Waals surface area contributed by atoms with Crippen molar-refractivity contribution in [3.8, 4) is 0 Å². The lowest BCUT2D eigenvalue weighted by molar-refractivity contribution is -0.138. The summed E-state index contributed by atoms with van der Waals surface area (Å²) in [7, 11) is 0. The summed E-state index contributed by atoms with van der Waals surface area (Å²) in [5.41, 5.74) is 3.05. The highest BCUT2D eigenvalue weighted by atomic mass is 127. The van der Waals surface area contributed by atoms with E-state index in [9.17, 15) is 9.18 Å². The second-order valence-corrected chi connectivity index (χ2v) is 5.11. The van der Waals surface area contributed by atoms with Crippen LogP contribution in [-0.2, 0) is 7.86 Å². The second-order valence-electron chi connectivity index (χ2n) is 4.60. The zero-order valence-electron chi connectivity index (χ0n) is 9.90. The molecule has 2 aliphatic rings. The van der Waals surface area contributed by atoms with Crippen LogP contribution in [0.2, 0.25) is 0 Å². The average molecular weight is 357 g/mol. The van der Waals surface area contributed by atoms with Crippen LogP contribution in [0.5, 0.6) is 0 Å². The largest absolute Gasteiger partial charge is 0.338 e. The Morgan fingerprint density at radius 1 is 1.65 bits per heavy atom. The molecular weight excluding hydrogens is 340 g/mol. The van der Waals surface area contributed by atoms with Gasteiger partial charge >= 0.3 is 0 Å². The number of carbonyl (C=O) groups excluding carboxylic acids is 1. The van der Waals surface area contributed by atoms with Gasteiger partial charge in [0.2, 0.25) is 5.91 Å². The first-order valence-electron chi connectivity index (χ1n) is 5.79. The van der Waals surface area contributed by atoms with Crippen molar-refractivity contribution in [2.45, 2.75) is 44.8 Å². The quantitative estimate of drug-likeness (QED) is 0.601. The maximum atomic E-state index is 13.7. The zero-order chi connectivity index (χ0) is 12.6. The minimum absolute atomic E-state index is 0.0172. The molecule has 3 unspecified atom stereocenters. The van der Waals surface area contributed by atoms with Gasteiger partial charge in [0.25, 0.3) is 0 Å². The van der Waals surface area contributed by atoms with Crippen LogP contribution in [-0.4, -0.2) is 53.4 Å². The molecule has 2 heterocycles. The van der Waals surface area contributed by atoms with E-state index in [4.69, 9.17) is 3.07 Å². The fourth-order valence-electron chi connectivity index (χ4n) is 2.20. The summed E-state index contributed by atoms with van der Waals surface area (Å²) in [6, 6.07) is -0.228. The molecule has 0 radical (unpaired) electrons. The zero-order valence-corrected chi connectivity index (χ0v) is 12.1. The Hall–Kier alpha value is 0.01000. The number of hydrogen-bond acceptors (Lipinski definition) is 4. The van der Waals surface area contributed by atoms with Gasteiger partial charge in [0.1, 0.15) is 41.3 Å². The highest BCUT2D eigenvalue weighted by Crippen LogP contribution is 2.22. The first kappa shape index (κ1) is 13.4. The van der Waals surface area contributed by atoms with Gasteiger partial charge in [-0.1, -0.05) is 0 Å². The van der Waals surface area contributed by atoms with Gasteiger partial charge in [0.05, 0.1) is 12.7 Å². The SMILES string of the molecule is CC1NN1C(C)C(=O)N1CC[C@H](OI)[C@H](F)C1. The number of hydrazine groups is 1. The number of likely N-dealkylation sites (tertiary alicyclic amines) is 1. The molecule has 2 fully saturated rings. The lowest BCUT2D eigenvalue weighted by atomic mass is 10.1. The van der Waals surface area contributed by atoms with Gasteiger partial charge in [-0.3, -0.25) is 4.79 Å². The van der Waals surface area contributed by atoms with Gasteiger partial charge in [-0.15, -0.1) is 0 Å². The molecule has 2 saturated heterocycles. The molecule has 0 aromatic rings. The number of rotatable bonds is 3. The highest BCUT2D eigenvalue weighted by molar-refractivity contribution is 14.1. The summed E-state index contributed by atoms with van der Waals surface area (Å²) in [6.07, 6.45) is -0.666. The Bertz CT molecular complexity index is 307. The van der Waals surface area contributed by atoms with Crippen LogP contribution in [0.4, 0.5) is 4.39 Å². The second kappa shape index (κ2) is 5.33. The number of carbonyl (C=O) groups is 1. The van der Waals surface area contributed by atoms with E-state index < -0.39 is 6.17 Å². The summed E-state index contributed by atoms with van der Waals surface area (Å²) >= 11 is 1.72. The standard InChI is InChI=1S/C10H17FIN3O2/c1-6(15-7(2)13-15)10(16)14-4-3-9(17-12)8(11)5-14/h6-9,13H,3-5H2,1-2H3/t6?,7?,8-,9+,15?/m1/s1. The lowest BCUT2D eigenvalue weighted by Crippen LogP contribution is -2.51. The van der Waals surface area contributed by atoms with Crippen LogP contribution in [0, 0.1) is 0 Å². The predicted molar refractivity (Wildman–Crippen MR) is 68.9 cm³/mol. The number of nitrogens with one attached hydrogen (secondary N) is 1. The van der Waals surface area contributed by atoms with Crippen LogP contribution < -0.4 is 5.43 Å². The summed E-state index contributed by atoms with van der Waals surface area (Å²) in [5, 5.41) is 1.87. The minimum atomic E-state index is -1.09. The number of amides is 1. The van der Waals surface area contributed by atoms with Crippen molar-refractivity contribution < 1.29 is 12.3 Å². The fraction of sp³-hybridized carbons (Fsp3) is 0.900. The third kappa shape index (κ3) is 2.88. The summed E-state index contributed by atoms with van der Waals surface area (Å²) < 4.78 is 18.7. The molecule has 98 valence electrons. The van der Waals surface area contributed by atoms with E-state index in [2.05, 4.69) is 5.43 Å². The summed E-state index contributed by atoms with van der Waals surface area (Å²) in [6.45, 7) is 4.53. The van der Waals surface area contributed by atoms with E-state index >= 15 is 0 Å². The Morgan fingerprint density at radius 3 is 2.76 bits per heavy atom. The monoisotopic (exact) mass is 357 g/mol. The topological polar surface area (TPSA) is 54.5 Å². The van der Waals surface area contributed by atoms with Crippen LogP contribution in [0.1, 0.15) is 20.3 Å². The summed E-state index contributed by atoms with van der Waals surface area (Å²) in [5.74, 6) is -0.0172. The van der Waals surface area contributed by atoms with Crippen LogP contribution >= 0.6 is 23.0 Å². The molecule has 0 aliphatic carbocycles. The van der Waals surface area contributed by atoms with Gasteiger partial charge in [-0.25, -0.2) is 14.8 Å². The number of hydrogen-bond donors (Lipinski definition) is 1. The number of nitrogens with zero attached hydrogens (tertiary/aromatic N) is 2. The van der Waals surface area contributed by atoms with E-state index in [0.717, 1.165) is 0 Å². The minimum Gasteiger partial charge on any atom is -0.338 e. The normalized spacial score (nSPS) is 38.9. The Kier molecular flexibility index (Phi) is 4.22. The molecule has 17 heavy (non-hydrogen) atoms. The third-order valence-electron chi connectivity index (χ3n) is 3.37. The van der Waals surface area contributed by atoms with Crippen molar-refractivity contribution in [3.05, 3.63) is 0 Å². The molecule has 5 nitrogen and oxygen atoms in total. The van der Waals surface area contributed by atoms with Crippen molar-refractivity contribution >= 4 is 28.9 Å². The molecule has 2 rings (SSSR count). The van der Waals surface area contributed by atoms with E-state index in [1.54, 1.807) is 27.9 Å². The number of halogens is 2. The van der Waals surface area contributed by atoms with Crippen molar-refractivity contribution in [1.82, 2.24) is 15.3 Å². The van der Waals surface area contributed by atoms with E-state index in [1.165, 1.54) is 0 Å². The molecule has 1 amide bonds. The maximum Gasteiger partial charge on any atom is 0.241 e. The van der Waals surface area contributed by atoms with Crippen molar-refractivity contribution in [3.63, 3.8) is 0 Å². The first-order chi connectivity index (χ1) is 8.04. The van der Waals surface area contributed by atoms with Gasteiger partial charge in [0, 0.05) is 6.54 Å². The molecule has 5 atom stereocenters. The molecule has 0 spiro atoms. The average Bonchev–Trinajstić information content (AvgIpc) is 3.04. The molecule has 0 saturated carbocycles. The predicted octanol–water partition coefficient (Wildman–Crippen LogP) is 0.847. The van der Waals surface area contributed by atoms with Gasteiger partial charge in [0.15, 0.2) is 0 Å². The Balaban J connectivity index is 1.88. The molecule has 2 aliphatic heterocycles. The molecule has 0 bridgehead atoms. The molecular formula is C10H17FIN3O2. The van der Waals surface area contributed by atoms with Crippen molar-refractivity contribution in [2.75, 3.05) is 13.1 Å². The van der Waals surface area contributed by atoms with Crippen LogP contribution in [0.3, 0.4) is 0 Å². The maximum absolute atomic E-state index is 13.7.